The van der Waals surface area contributed by atoms with Crippen molar-refractivity contribution in [2.24, 2.45) is 0 Å². The van der Waals surface area contributed by atoms with Crippen LogP contribution in [0.1, 0.15) is 53.2 Å². The normalized spacial score (nSPS) is 19.7. The Morgan fingerprint density at radius 2 is 1.83 bits per heavy atom. The van der Waals surface area contributed by atoms with E-state index in [2.05, 4.69) is 12.1 Å². The van der Waals surface area contributed by atoms with Crippen molar-refractivity contribution >= 4 is 27.5 Å². The lowest BCUT2D eigenvalue weighted by molar-refractivity contribution is 0.0715. The van der Waals surface area contributed by atoms with E-state index in [-0.39, 0.29) is 21.9 Å². The highest BCUT2D eigenvalue weighted by Crippen LogP contribution is 2.35. The molecule has 0 saturated carbocycles. The molecule has 1 amide bonds. The van der Waals surface area contributed by atoms with Crippen LogP contribution in [-0.4, -0.2) is 43.7 Å². The van der Waals surface area contributed by atoms with Crippen LogP contribution in [0.15, 0.2) is 47.4 Å². The Balaban J connectivity index is 1.65. The topological polar surface area (TPSA) is 57.7 Å². The van der Waals surface area contributed by atoms with Crippen LogP contribution < -0.4 is 0 Å². The van der Waals surface area contributed by atoms with Crippen LogP contribution in [0.4, 0.5) is 0 Å². The molecule has 1 aliphatic heterocycles. The number of sulfonamides is 1. The Morgan fingerprint density at radius 1 is 1.10 bits per heavy atom. The molecule has 5 nitrogen and oxygen atoms in total. The second-order valence-electron chi connectivity index (χ2n) is 7.78. The molecule has 1 fully saturated rings. The van der Waals surface area contributed by atoms with Gasteiger partial charge in [-0.3, -0.25) is 4.79 Å². The highest BCUT2D eigenvalue weighted by molar-refractivity contribution is 7.89. The zero-order valence-electron chi connectivity index (χ0n) is 16.5. The van der Waals surface area contributed by atoms with Crippen molar-refractivity contribution in [1.29, 1.82) is 0 Å². The molecule has 1 heterocycles. The van der Waals surface area contributed by atoms with E-state index in [1.807, 2.05) is 12.1 Å². The number of aryl methyl sites for hydroxylation is 1. The Morgan fingerprint density at radius 3 is 2.59 bits per heavy atom. The van der Waals surface area contributed by atoms with E-state index in [0.717, 1.165) is 32.1 Å². The molecule has 0 spiro atoms. The first-order valence-corrected chi connectivity index (χ1v) is 11.9. The van der Waals surface area contributed by atoms with Gasteiger partial charge in [0.2, 0.25) is 10.0 Å². The summed E-state index contributed by atoms with van der Waals surface area (Å²) in [4.78, 5) is 15.0. The summed E-state index contributed by atoms with van der Waals surface area (Å²) in [5, 5.41) is 0.152. The summed E-state index contributed by atoms with van der Waals surface area (Å²) in [6.45, 7) is 0.991. The van der Waals surface area contributed by atoms with Crippen LogP contribution in [0.25, 0.3) is 0 Å². The van der Waals surface area contributed by atoms with Crippen molar-refractivity contribution < 1.29 is 13.2 Å². The van der Waals surface area contributed by atoms with Gasteiger partial charge in [0.1, 0.15) is 4.90 Å². The standard InChI is InChI=1S/C22H25ClN2O3S/c1-24(20-10-6-8-16-7-2-3-9-18(16)20)22(26)17-11-12-19(23)21(15-17)29(27,28)25-13-4-5-14-25/h2-3,7,9,11-12,15,20H,4-6,8,10,13-14H2,1H3. The lowest BCUT2D eigenvalue weighted by atomic mass is 9.87. The third-order valence-electron chi connectivity index (χ3n) is 5.99. The number of amides is 1. The van der Waals surface area contributed by atoms with Crippen LogP contribution in [0.3, 0.4) is 0 Å². The smallest absolute Gasteiger partial charge is 0.254 e. The third kappa shape index (κ3) is 3.81. The summed E-state index contributed by atoms with van der Waals surface area (Å²) >= 11 is 6.23. The maximum atomic E-state index is 13.2. The van der Waals surface area contributed by atoms with E-state index in [4.69, 9.17) is 11.6 Å². The fraction of sp³-hybridized carbons (Fsp3) is 0.409. The quantitative estimate of drug-likeness (QED) is 0.724. The number of rotatable bonds is 4. The summed E-state index contributed by atoms with van der Waals surface area (Å²) in [5.41, 5.74) is 2.79. The van der Waals surface area contributed by atoms with Gasteiger partial charge in [-0.2, -0.15) is 4.31 Å². The van der Waals surface area contributed by atoms with Crippen LogP contribution in [-0.2, 0) is 16.4 Å². The van der Waals surface area contributed by atoms with Gasteiger partial charge in [0.15, 0.2) is 0 Å². The van der Waals surface area contributed by atoms with E-state index in [1.165, 1.54) is 27.6 Å². The summed E-state index contributed by atoms with van der Waals surface area (Å²) in [7, 11) is -1.90. The summed E-state index contributed by atoms with van der Waals surface area (Å²) in [6.07, 6.45) is 4.63. The molecule has 1 atom stereocenters. The predicted molar refractivity (Wildman–Crippen MR) is 114 cm³/mol. The number of hydrogen-bond donors (Lipinski definition) is 0. The van der Waals surface area contributed by atoms with E-state index in [9.17, 15) is 13.2 Å². The molecule has 0 N–H and O–H groups in total. The minimum Gasteiger partial charge on any atom is -0.335 e. The minimum absolute atomic E-state index is 0.0123. The molecule has 0 bridgehead atoms. The van der Waals surface area contributed by atoms with Crippen LogP contribution in [0, 0.1) is 0 Å². The third-order valence-corrected chi connectivity index (χ3v) is 8.37. The molecule has 4 rings (SSSR count). The number of hydrogen-bond acceptors (Lipinski definition) is 3. The molecule has 2 aromatic carbocycles. The van der Waals surface area contributed by atoms with Gasteiger partial charge in [0, 0.05) is 25.7 Å². The number of benzene rings is 2. The molecule has 29 heavy (non-hydrogen) atoms. The molecule has 7 heteroatoms. The molecule has 0 aromatic heterocycles. The summed E-state index contributed by atoms with van der Waals surface area (Å²) < 4.78 is 27.4. The van der Waals surface area contributed by atoms with Crippen molar-refractivity contribution in [3.05, 3.63) is 64.2 Å². The molecule has 2 aromatic rings. The second kappa shape index (κ2) is 8.09. The Kier molecular flexibility index (Phi) is 5.69. The van der Waals surface area contributed by atoms with E-state index < -0.39 is 10.0 Å². The van der Waals surface area contributed by atoms with Gasteiger partial charge in [0.05, 0.1) is 11.1 Å². The zero-order chi connectivity index (χ0) is 20.6. The van der Waals surface area contributed by atoms with Gasteiger partial charge in [0.25, 0.3) is 5.91 Å². The lowest BCUT2D eigenvalue weighted by Crippen LogP contribution is -2.33. The summed E-state index contributed by atoms with van der Waals surface area (Å²) in [6, 6.07) is 12.8. The maximum Gasteiger partial charge on any atom is 0.254 e. The Labute approximate surface area is 177 Å². The molecule has 154 valence electrons. The van der Waals surface area contributed by atoms with Gasteiger partial charge < -0.3 is 4.90 Å². The SMILES string of the molecule is CN(C(=O)c1ccc(Cl)c(S(=O)(=O)N2CCCC2)c1)C1CCCc2ccccc21. The number of carbonyl (C=O) groups excluding carboxylic acids is 1. The Bertz CT molecular complexity index is 1030. The average Bonchev–Trinajstić information content (AvgIpc) is 3.28. The number of fused-ring (bicyclic) bond motifs is 1. The molecule has 1 saturated heterocycles. The molecule has 1 aliphatic carbocycles. The van der Waals surface area contributed by atoms with Gasteiger partial charge in [-0.15, -0.1) is 0 Å². The van der Waals surface area contributed by atoms with Crippen molar-refractivity contribution in [1.82, 2.24) is 9.21 Å². The van der Waals surface area contributed by atoms with Gasteiger partial charge >= 0.3 is 0 Å². The van der Waals surface area contributed by atoms with Crippen LogP contribution in [0.2, 0.25) is 5.02 Å². The first-order chi connectivity index (χ1) is 13.9. The summed E-state index contributed by atoms with van der Waals surface area (Å²) in [5.74, 6) is -0.193. The monoisotopic (exact) mass is 432 g/mol. The largest absolute Gasteiger partial charge is 0.335 e. The average molecular weight is 433 g/mol. The van der Waals surface area contributed by atoms with Crippen molar-refractivity contribution in [2.75, 3.05) is 20.1 Å². The van der Waals surface area contributed by atoms with Gasteiger partial charge in [-0.25, -0.2) is 8.42 Å². The highest BCUT2D eigenvalue weighted by atomic mass is 35.5. The molecular weight excluding hydrogens is 408 g/mol. The fourth-order valence-corrected chi connectivity index (χ4v) is 6.39. The molecular formula is C22H25ClN2O3S. The first-order valence-electron chi connectivity index (χ1n) is 10.0. The minimum atomic E-state index is -3.69. The van der Waals surface area contributed by atoms with E-state index in [0.29, 0.717) is 18.7 Å². The zero-order valence-corrected chi connectivity index (χ0v) is 18.0. The predicted octanol–water partition coefficient (Wildman–Crippen LogP) is 4.27. The molecule has 2 aliphatic rings. The number of halogens is 1. The van der Waals surface area contributed by atoms with Crippen molar-refractivity contribution in [3.63, 3.8) is 0 Å². The van der Waals surface area contributed by atoms with Crippen LogP contribution in [0.5, 0.6) is 0 Å². The lowest BCUT2D eigenvalue weighted by Gasteiger charge is -2.33. The maximum absolute atomic E-state index is 13.2. The highest BCUT2D eigenvalue weighted by Gasteiger charge is 2.31. The first kappa shape index (κ1) is 20.4. The van der Waals surface area contributed by atoms with Crippen LogP contribution >= 0.6 is 11.6 Å². The van der Waals surface area contributed by atoms with Crippen molar-refractivity contribution in [2.45, 2.75) is 43.0 Å². The van der Waals surface area contributed by atoms with Gasteiger partial charge in [-0.1, -0.05) is 35.9 Å². The molecule has 0 radical (unpaired) electrons. The molecule has 1 unspecified atom stereocenters. The van der Waals surface area contributed by atoms with E-state index in [1.54, 1.807) is 18.0 Å². The number of carbonyl (C=O) groups is 1. The van der Waals surface area contributed by atoms with Gasteiger partial charge in [-0.05, 0) is 61.4 Å². The van der Waals surface area contributed by atoms with E-state index >= 15 is 0 Å². The van der Waals surface area contributed by atoms with Crippen molar-refractivity contribution in [3.8, 4) is 0 Å². The number of nitrogens with zero attached hydrogens (tertiary/aromatic N) is 2. The second-order valence-corrected chi connectivity index (χ2v) is 10.1. The Hall–Kier alpha value is -1.89. The fourth-order valence-electron chi connectivity index (χ4n) is 4.38.